The fraction of sp³-hybridized carbons (Fsp3) is 0.150. The van der Waals surface area contributed by atoms with E-state index in [1.54, 1.807) is 36.5 Å². The van der Waals surface area contributed by atoms with E-state index in [1.165, 1.54) is 11.6 Å². The van der Waals surface area contributed by atoms with Crippen LogP contribution in [0.1, 0.15) is 12.5 Å². The second kappa shape index (κ2) is 7.93. The highest BCUT2D eigenvalue weighted by molar-refractivity contribution is 7.21. The van der Waals surface area contributed by atoms with Crippen molar-refractivity contribution in [3.63, 3.8) is 0 Å². The SMILES string of the molecule is CC=CC(=O)OCC(=O)Nc1ccc(-c2nc3ccc(C)cc3s2)cc1. The first-order valence-corrected chi connectivity index (χ1v) is 8.94. The van der Waals surface area contributed by atoms with E-state index in [-0.39, 0.29) is 12.5 Å². The Morgan fingerprint density at radius 2 is 1.96 bits per heavy atom. The van der Waals surface area contributed by atoms with Gasteiger partial charge >= 0.3 is 5.97 Å². The van der Waals surface area contributed by atoms with Gasteiger partial charge in [0.1, 0.15) is 5.01 Å². The maximum Gasteiger partial charge on any atom is 0.330 e. The maximum absolute atomic E-state index is 11.8. The molecule has 26 heavy (non-hydrogen) atoms. The van der Waals surface area contributed by atoms with E-state index >= 15 is 0 Å². The predicted octanol–water partition coefficient (Wildman–Crippen LogP) is 4.33. The number of fused-ring (bicyclic) bond motifs is 1. The molecule has 1 N–H and O–H groups in total. The van der Waals surface area contributed by atoms with E-state index in [1.807, 2.05) is 24.3 Å². The fourth-order valence-electron chi connectivity index (χ4n) is 2.37. The number of nitrogens with zero attached hydrogens (tertiary/aromatic N) is 1. The van der Waals surface area contributed by atoms with Crippen LogP contribution in [0.2, 0.25) is 0 Å². The monoisotopic (exact) mass is 366 g/mol. The number of benzene rings is 2. The Balaban J connectivity index is 1.66. The molecule has 5 nitrogen and oxygen atoms in total. The third kappa shape index (κ3) is 4.34. The first-order valence-electron chi connectivity index (χ1n) is 8.12. The molecule has 132 valence electrons. The Bertz CT molecular complexity index is 974. The minimum Gasteiger partial charge on any atom is -0.452 e. The van der Waals surface area contributed by atoms with Crippen molar-refractivity contribution in [2.75, 3.05) is 11.9 Å². The molecule has 3 rings (SSSR count). The van der Waals surface area contributed by atoms with Crippen molar-refractivity contribution < 1.29 is 14.3 Å². The summed E-state index contributed by atoms with van der Waals surface area (Å²) >= 11 is 1.64. The van der Waals surface area contributed by atoms with Crippen LogP contribution in [0.5, 0.6) is 0 Å². The summed E-state index contributed by atoms with van der Waals surface area (Å²) in [7, 11) is 0. The summed E-state index contributed by atoms with van der Waals surface area (Å²) in [6.07, 6.45) is 2.82. The van der Waals surface area contributed by atoms with Gasteiger partial charge in [-0.3, -0.25) is 4.79 Å². The van der Waals surface area contributed by atoms with Gasteiger partial charge in [-0.05, 0) is 55.8 Å². The molecule has 1 amide bonds. The van der Waals surface area contributed by atoms with E-state index in [9.17, 15) is 9.59 Å². The highest BCUT2D eigenvalue weighted by Gasteiger charge is 2.08. The lowest BCUT2D eigenvalue weighted by Gasteiger charge is -2.06. The zero-order chi connectivity index (χ0) is 18.5. The Kier molecular flexibility index (Phi) is 5.43. The number of carbonyl (C=O) groups excluding carboxylic acids is 2. The van der Waals surface area contributed by atoms with E-state index in [4.69, 9.17) is 4.74 Å². The van der Waals surface area contributed by atoms with Gasteiger partial charge in [0.25, 0.3) is 5.91 Å². The zero-order valence-corrected chi connectivity index (χ0v) is 15.3. The summed E-state index contributed by atoms with van der Waals surface area (Å²) < 4.78 is 5.96. The summed E-state index contributed by atoms with van der Waals surface area (Å²) in [5.74, 6) is -0.921. The van der Waals surface area contributed by atoms with Crippen molar-refractivity contribution in [3.8, 4) is 10.6 Å². The lowest BCUT2D eigenvalue weighted by Crippen LogP contribution is -2.20. The third-order valence-corrected chi connectivity index (χ3v) is 4.68. The molecule has 0 aliphatic heterocycles. The number of nitrogens with one attached hydrogen (secondary N) is 1. The van der Waals surface area contributed by atoms with Crippen molar-refractivity contribution >= 4 is 39.1 Å². The standard InChI is InChI=1S/C20H18N2O3S/c1-3-4-19(24)25-12-18(23)21-15-8-6-14(7-9-15)20-22-16-10-5-13(2)11-17(16)26-20/h3-11H,12H2,1-2H3,(H,21,23). The van der Waals surface area contributed by atoms with Crippen LogP contribution in [0.4, 0.5) is 5.69 Å². The molecule has 0 fully saturated rings. The van der Waals surface area contributed by atoms with Gasteiger partial charge in [0.05, 0.1) is 10.2 Å². The molecule has 0 saturated carbocycles. The second-order valence-corrected chi connectivity index (χ2v) is 6.75. The van der Waals surface area contributed by atoms with Gasteiger partial charge in [-0.2, -0.15) is 0 Å². The van der Waals surface area contributed by atoms with Gasteiger partial charge in [0.15, 0.2) is 6.61 Å². The number of hydrogen-bond acceptors (Lipinski definition) is 5. The molecular weight excluding hydrogens is 348 g/mol. The van der Waals surface area contributed by atoms with Crippen LogP contribution in [-0.4, -0.2) is 23.5 Å². The average Bonchev–Trinajstić information content (AvgIpc) is 3.04. The summed E-state index contributed by atoms with van der Waals surface area (Å²) in [4.78, 5) is 27.7. The molecular formula is C20H18N2O3S. The van der Waals surface area contributed by atoms with Crippen molar-refractivity contribution in [2.24, 2.45) is 0 Å². The van der Waals surface area contributed by atoms with Gasteiger partial charge in [0.2, 0.25) is 0 Å². The molecule has 0 bridgehead atoms. The molecule has 2 aromatic carbocycles. The summed E-state index contributed by atoms with van der Waals surface area (Å²) in [5, 5.41) is 3.63. The lowest BCUT2D eigenvalue weighted by atomic mass is 10.2. The van der Waals surface area contributed by atoms with Crippen molar-refractivity contribution in [3.05, 3.63) is 60.2 Å². The van der Waals surface area contributed by atoms with E-state index in [0.29, 0.717) is 5.69 Å². The number of ether oxygens (including phenoxy) is 1. The molecule has 1 aromatic heterocycles. The van der Waals surface area contributed by atoms with Crippen LogP contribution in [0, 0.1) is 6.92 Å². The van der Waals surface area contributed by atoms with E-state index in [2.05, 4.69) is 23.3 Å². The molecule has 1 heterocycles. The van der Waals surface area contributed by atoms with Gasteiger partial charge in [-0.25, -0.2) is 9.78 Å². The number of rotatable bonds is 5. The topological polar surface area (TPSA) is 68.3 Å². The van der Waals surface area contributed by atoms with Crippen LogP contribution >= 0.6 is 11.3 Å². The Labute approximate surface area is 155 Å². The second-order valence-electron chi connectivity index (χ2n) is 5.72. The molecule has 3 aromatic rings. The minimum absolute atomic E-state index is 0.317. The maximum atomic E-state index is 11.8. The summed E-state index contributed by atoms with van der Waals surface area (Å²) in [6, 6.07) is 13.6. The van der Waals surface area contributed by atoms with Crippen LogP contribution in [0.3, 0.4) is 0 Å². The number of esters is 1. The number of anilines is 1. The number of allylic oxidation sites excluding steroid dienone is 1. The number of aromatic nitrogens is 1. The average molecular weight is 366 g/mol. The zero-order valence-electron chi connectivity index (χ0n) is 14.5. The van der Waals surface area contributed by atoms with Gasteiger partial charge in [-0.1, -0.05) is 12.1 Å². The summed E-state index contributed by atoms with van der Waals surface area (Å²) in [6.45, 7) is 3.45. The predicted molar refractivity (Wildman–Crippen MR) is 104 cm³/mol. The Morgan fingerprint density at radius 3 is 2.69 bits per heavy atom. The van der Waals surface area contributed by atoms with Crippen LogP contribution in [0.25, 0.3) is 20.8 Å². The Hall–Kier alpha value is -2.99. The molecule has 0 aliphatic rings. The highest BCUT2D eigenvalue weighted by atomic mass is 32.1. The van der Waals surface area contributed by atoms with E-state index in [0.717, 1.165) is 20.8 Å². The first kappa shape index (κ1) is 17.8. The normalized spacial score (nSPS) is 11.0. The highest BCUT2D eigenvalue weighted by Crippen LogP contribution is 2.31. The molecule has 0 radical (unpaired) electrons. The van der Waals surface area contributed by atoms with Crippen LogP contribution < -0.4 is 5.32 Å². The fourth-order valence-corrected chi connectivity index (χ4v) is 3.44. The molecule has 6 heteroatoms. The van der Waals surface area contributed by atoms with Crippen molar-refractivity contribution in [2.45, 2.75) is 13.8 Å². The lowest BCUT2D eigenvalue weighted by molar-refractivity contribution is -0.142. The summed E-state index contributed by atoms with van der Waals surface area (Å²) in [5.41, 5.74) is 3.82. The van der Waals surface area contributed by atoms with Crippen LogP contribution in [0.15, 0.2) is 54.6 Å². The van der Waals surface area contributed by atoms with Gasteiger partial charge in [0, 0.05) is 17.3 Å². The number of aryl methyl sites for hydroxylation is 1. The molecule has 0 atom stereocenters. The van der Waals surface area contributed by atoms with Crippen molar-refractivity contribution in [1.82, 2.24) is 4.98 Å². The van der Waals surface area contributed by atoms with Crippen molar-refractivity contribution in [1.29, 1.82) is 0 Å². The molecule has 0 saturated heterocycles. The first-order chi connectivity index (χ1) is 12.5. The molecule has 0 aliphatic carbocycles. The quantitative estimate of drug-likeness (QED) is 0.539. The smallest absolute Gasteiger partial charge is 0.330 e. The van der Waals surface area contributed by atoms with Gasteiger partial charge < -0.3 is 10.1 Å². The van der Waals surface area contributed by atoms with Gasteiger partial charge in [-0.15, -0.1) is 11.3 Å². The molecule has 0 unspecified atom stereocenters. The molecule has 0 spiro atoms. The largest absolute Gasteiger partial charge is 0.452 e. The number of hydrogen-bond donors (Lipinski definition) is 1. The Morgan fingerprint density at radius 1 is 1.19 bits per heavy atom. The van der Waals surface area contributed by atoms with E-state index < -0.39 is 5.97 Å². The van der Waals surface area contributed by atoms with Crippen LogP contribution in [-0.2, 0) is 14.3 Å². The number of amides is 1. The number of carbonyl (C=O) groups is 2. The minimum atomic E-state index is -0.538. The third-order valence-electron chi connectivity index (χ3n) is 3.61. The number of thiazole rings is 1.